The van der Waals surface area contributed by atoms with E-state index < -0.39 is 60.6 Å². The van der Waals surface area contributed by atoms with Gasteiger partial charge >= 0.3 is 11.9 Å². The maximum absolute atomic E-state index is 13.9. The molecule has 0 radical (unpaired) electrons. The molecule has 1 fully saturated rings. The third-order valence-corrected chi connectivity index (χ3v) is 8.60. The number of para-hydroxylation sites is 2. The van der Waals surface area contributed by atoms with Gasteiger partial charge in [0, 0.05) is 26.2 Å². The molecular formula is C38H38N2O10. The number of carboxylic acid groups (broad SMARTS) is 2. The van der Waals surface area contributed by atoms with Crippen LogP contribution in [0.5, 0.6) is 23.0 Å². The van der Waals surface area contributed by atoms with Crippen LogP contribution in [0, 0.1) is 23.7 Å². The fourth-order valence-electron chi connectivity index (χ4n) is 6.19. The second kappa shape index (κ2) is 16.6. The molecule has 50 heavy (non-hydrogen) atoms. The Hall–Kier alpha value is -5.72. The van der Waals surface area contributed by atoms with Crippen LogP contribution in [0.3, 0.4) is 0 Å². The zero-order chi connectivity index (χ0) is 35.6. The van der Waals surface area contributed by atoms with Crippen LogP contribution in [-0.4, -0.2) is 80.3 Å². The van der Waals surface area contributed by atoms with Crippen molar-refractivity contribution >= 4 is 23.8 Å². The fraction of sp³-hybridized carbons (Fsp3) is 0.263. The molecule has 12 heteroatoms. The second-order valence-corrected chi connectivity index (χ2v) is 11.9. The number of carbonyl (C=O) groups is 4. The Kier molecular flexibility index (Phi) is 11.8. The van der Waals surface area contributed by atoms with E-state index >= 15 is 0 Å². The van der Waals surface area contributed by atoms with Gasteiger partial charge in [-0.3, -0.25) is 19.2 Å². The van der Waals surface area contributed by atoms with Crippen LogP contribution in [-0.2, 0) is 32.3 Å². The molecule has 4 aromatic carbocycles. The summed E-state index contributed by atoms with van der Waals surface area (Å²) in [6.45, 7) is -1.36. The zero-order valence-electron chi connectivity index (χ0n) is 27.1. The van der Waals surface area contributed by atoms with Crippen molar-refractivity contribution in [2.45, 2.75) is 13.1 Å². The van der Waals surface area contributed by atoms with E-state index in [0.717, 1.165) is 0 Å². The van der Waals surface area contributed by atoms with E-state index in [0.29, 0.717) is 34.1 Å². The summed E-state index contributed by atoms with van der Waals surface area (Å²) in [5, 5.41) is 40.0. The van der Waals surface area contributed by atoms with Crippen LogP contribution in [0.15, 0.2) is 109 Å². The maximum Gasteiger partial charge on any atom is 0.308 e. The number of amides is 2. The average molecular weight is 683 g/mol. The van der Waals surface area contributed by atoms with Gasteiger partial charge in [-0.05, 0) is 59.7 Å². The lowest BCUT2D eigenvalue weighted by Gasteiger charge is -2.48. The van der Waals surface area contributed by atoms with Gasteiger partial charge in [-0.25, -0.2) is 0 Å². The van der Waals surface area contributed by atoms with Gasteiger partial charge in [0.1, 0.15) is 23.0 Å². The highest BCUT2D eigenvalue weighted by molar-refractivity contribution is 5.99. The Labute approximate surface area is 288 Å². The lowest BCUT2D eigenvalue weighted by molar-refractivity contribution is -0.188. The number of nitrogens with zero attached hydrogens (tertiary/aromatic N) is 2. The first-order valence-corrected chi connectivity index (χ1v) is 16.1. The summed E-state index contributed by atoms with van der Waals surface area (Å²) < 4.78 is 11.6. The molecule has 0 saturated heterocycles. The smallest absolute Gasteiger partial charge is 0.308 e. The first-order valence-electron chi connectivity index (χ1n) is 16.1. The number of hydrogen-bond donors (Lipinski definition) is 4. The summed E-state index contributed by atoms with van der Waals surface area (Å²) in [5.74, 6) is -8.61. The van der Waals surface area contributed by atoms with Gasteiger partial charge in [-0.1, -0.05) is 60.7 Å². The molecule has 5 rings (SSSR count). The van der Waals surface area contributed by atoms with E-state index in [9.17, 15) is 39.6 Å². The van der Waals surface area contributed by atoms with Gasteiger partial charge < -0.3 is 39.7 Å². The van der Waals surface area contributed by atoms with Crippen molar-refractivity contribution < 1.29 is 49.1 Å². The van der Waals surface area contributed by atoms with E-state index in [2.05, 4.69) is 0 Å². The maximum atomic E-state index is 13.9. The predicted octanol–water partition coefficient (Wildman–Crippen LogP) is 4.26. The minimum atomic E-state index is -1.64. The number of aliphatic carboxylic acids is 2. The zero-order valence-corrected chi connectivity index (χ0v) is 27.1. The molecule has 0 aromatic heterocycles. The highest BCUT2D eigenvalue weighted by atomic mass is 16.5. The van der Waals surface area contributed by atoms with E-state index in [-0.39, 0.29) is 26.2 Å². The third kappa shape index (κ3) is 8.46. The van der Waals surface area contributed by atoms with E-state index in [1.54, 1.807) is 72.8 Å². The van der Waals surface area contributed by atoms with Crippen molar-refractivity contribution in [3.63, 3.8) is 0 Å². The Morgan fingerprint density at radius 2 is 0.800 bits per heavy atom. The number of aliphatic hydroxyl groups is 2. The molecule has 0 atom stereocenters. The molecule has 4 aromatic rings. The molecule has 0 unspecified atom stereocenters. The Morgan fingerprint density at radius 1 is 0.480 bits per heavy atom. The van der Waals surface area contributed by atoms with Gasteiger partial charge in [0.05, 0.1) is 36.9 Å². The Balaban J connectivity index is 1.31. The topological polar surface area (TPSA) is 174 Å². The minimum Gasteiger partial charge on any atom is -0.481 e. The molecule has 260 valence electrons. The Morgan fingerprint density at radius 3 is 1.10 bits per heavy atom. The van der Waals surface area contributed by atoms with Crippen LogP contribution in [0.25, 0.3) is 0 Å². The van der Waals surface area contributed by atoms with Crippen LogP contribution < -0.4 is 9.47 Å². The SMILES string of the molecule is O=C(O)[C@H]1[C@H](C(=O)N(CCO)Cc2ccc(Oc3ccccc3)cc2)[C@H](C(=O)O)[C@H]1C(=O)N(CCO)Cc1ccc(Oc2ccccc2)cc1. The van der Waals surface area contributed by atoms with Crippen LogP contribution in [0.2, 0.25) is 0 Å². The van der Waals surface area contributed by atoms with Crippen LogP contribution in [0.4, 0.5) is 0 Å². The number of benzene rings is 4. The highest BCUT2D eigenvalue weighted by Gasteiger charge is 2.64. The number of hydrogen-bond acceptors (Lipinski definition) is 8. The molecule has 1 aliphatic rings. The minimum absolute atomic E-state index is 0.0422. The van der Waals surface area contributed by atoms with Crippen molar-refractivity contribution in [3.05, 3.63) is 120 Å². The second-order valence-electron chi connectivity index (χ2n) is 11.9. The van der Waals surface area contributed by atoms with Crippen molar-refractivity contribution in [1.82, 2.24) is 9.80 Å². The monoisotopic (exact) mass is 682 g/mol. The van der Waals surface area contributed by atoms with Crippen LogP contribution >= 0.6 is 0 Å². The molecule has 0 spiro atoms. The number of rotatable bonds is 16. The van der Waals surface area contributed by atoms with E-state index in [1.165, 1.54) is 9.80 Å². The summed E-state index contributed by atoms with van der Waals surface area (Å²) >= 11 is 0. The lowest BCUT2D eigenvalue weighted by Crippen LogP contribution is -2.64. The molecule has 4 N–H and O–H groups in total. The summed E-state index contributed by atoms with van der Waals surface area (Å²) in [5.41, 5.74) is 1.26. The molecular weight excluding hydrogens is 644 g/mol. The predicted molar refractivity (Wildman–Crippen MR) is 180 cm³/mol. The highest BCUT2D eigenvalue weighted by Crippen LogP contribution is 2.49. The molecule has 0 heterocycles. The van der Waals surface area contributed by atoms with Crippen molar-refractivity contribution in [1.29, 1.82) is 0 Å². The van der Waals surface area contributed by atoms with Crippen LogP contribution in [0.1, 0.15) is 11.1 Å². The standard InChI is InChI=1S/C38H38N2O10/c41-21-19-39(23-25-11-15-29(16-12-25)49-27-7-3-1-4-8-27)35(43)31-33(37(45)46)32(34(31)38(47)48)36(44)40(20-22-42)24-26-13-17-30(18-14-26)50-28-9-5-2-6-10-28/h1-18,31-34,41-42H,19-24H2,(H,45,46)(H,47,48)/t31-,32-,33-,34-. The summed E-state index contributed by atoms with van der Waals surface area (Å²) in [4.78, 5) is 55.3. The van der Waals surface area contributed by atoms with Gasteiger partial charge in [0.25, 0.3) is 0 Å². The summed E-state index contributed by atoms with van der Waals surface area (Å²) in [6, 6.07) is 31.9. The molecule has 12 nitrogen and oxygen atoms in total. The average Bonchev–Trinajstić information content (AvgIpc) is 3.09. The third-order valence-electron chi connectivity index (χ3n) is 8.60. The fourth-order valence-corrected chi connectivity index (χ4v) is 6.19. The number of carbonyl (C=O) groups excluding carboxylic acids is 2. The number of ether oxygens (including phenoxy) is 2. The summed E-state index contributed by atoms with van der Waals surface area (Å²) in [7, 11) is 0. The molecule has 2 amide bonds. The Bertz CT molecular complexity index is 1610. The van der Waals surface area contributed by atoms with Gasteiger partial charge in [-0.15, -0.1) is 0 Å². The lowest BCUT2D eigenvalue weighted by atomic mass is 9.55. The van der Waals surface area contributed by atoms with E-state index in [1.807, 2.05) is 36.4 Å². The summed E-state index contributed by atoms with van der Waals surface area (Å²) in [6.07, 6.45) is 0. The van der Waals surface area contributed by atoms with Crippen molar-refractivity contribution in [3.8, 4) is 23.0 Å². The quantitative estimate of drug-likeness (QED) is 0.134. The molecule has 0 aliphatic heterocycles. The van der Waals surface area contributed by atoms with Gasteiger partial charge in [0.2, 0.25) is 11.8 Å². The van der Waals surface area contributed by atoms with Gasteiger partial charge in [0.15, 0.2) is 0 Å². The first-order chi connectivity index (χ1) is 24.2. The molecule has 1 saturated carbocycles. The van der Waals surface area contributed by atoms with E-state index in [4.69, 9.17) is 9.47 Å². The van der Waals surface area contributed by atoms with Crippen molar-refractivity contribution in [2.75, 3.05) is 26.3 Å². The van der Waals surface area contributed by atoms with Crippen molar-refractivity contribution in [2.24, 2.45) is 23.7 Å². The largest absolute Gasteiger partial charge is 0.481 e. The molecule has 0 bridgehead atoms. The number of aliphatic hydroxyl groups excluding tert-OH is 2. The number of carboxylic acids is 2. The molecule has 1 aliphatic carbocycles. The van der Waals surface area contributed by atoms with Gasteiger partial charge in [-0.2, -0.15) is 0 Å². The first kappa shape index (κ1) is 35.6. The normalized spacial score (nSPS) is 18.0.